The number of nitrogen functional groups attached to an aromatic ring is 1. The van der Waals surface area contributed by atoms with E-state index in [0.717, 1.165) is 11.1 Å². The molecule has 0 unspecified atom stereocenters. The quantitative estimate of drug-likeness (QED) is 0.150. The van der Waals surface area contributed by atoms with Gasteiger partial charge in [-0.3, -0.25) is 4.55 Å². The van der Waals surface area contributed by atoms with Crippen LogP contribution in [0.15, 0.2) is 81.9 Å². The zero-order chi connectivity index (χ0) is 24.0. The Balaban J connectivity index is 1.75. The Hall–Kier alpha value is -4.28. The first-order valence-electron chi connectivity index (χ1n) is 10.2. The predicted molar refractivity (Wildman–Crippen MR) is 130 cm³/mol. The number of hydrogen-bond acceptors (Lipinski definition) is 7. The lowest BCUT2D eigenvalue weighted by atomic mass is 10.1. The van der Waals surface area contributed by atoms with Crippen molar-refractivity contribution in [3.63, 3.8) is 0 Å². The lowest BCUT2D eigenvalue weighted by Gasteiger charge is -2.09. The van der Waals surface area contributed by atoms with Gasteiger partial charge in [-0.05, 0) is 48.9 Å². The molecule has 0 radical (unpaired) electrons. The molecule has 5 rings (SSSR count). The third-order valence-corrected chi connectivity index (χ3v) is 6.36. The van der Waals surface area contributed by atoms with E-state index in [1.54, 1.807) is 42.5 Å². The molecule has 0 spiro atoms. The second kappa shape index (κ2) is 7.94. The number of nitrogens with one attached hydrogen (secondary N) is 1. The summed E-state index contributed by atoms with van der Waals surface area (Å²) in [6, 6.07) is 18.8. The third kappa shape index (κ3) is 3.74. The third-order valence-electron chi connectivity index (χ3n) is 5.49. The molecule has 0 aliphatic rings. The molecule has 9 nitrogen and oxygen atoms in total. The molecule has 5 aromatic rings. The molecule has 0 bridgehead atoms. The molecule has 10 heteroatoms. The summed E-state index contributed by atoms with van der Waals surface area (Å²) in [5, 5.41) is 19.7. The minimum absolute atomic E-state index is 0.309. The number of fused-ring (bicyclic) bond motifs is 3. The normalized spacial score (nSPS) is 12.2. The summed E-state index contributed by atoms with van der Waals surface area (Å²) in [6.07, 6.45) is 0. The first-order valence-corrected chi connectivity index (χ1v) is 11.7. The first kappa shape index (κ1) is 21.6. The Bertz CT molecular complexity index is 1730. The number of rotatable bonds is 4. The van der Waals surface area contributed by atoms with Crippen molar-refractivity contribution in [2.24, 2.45) is 10.2 Å². The molecule has 1 aromatic heterocycles. The molecular formula is C24H19N5O4S. The van der Waals surface area contributed by atoms with E-state index in [1.165, 1.54) is 6.07 Å². The van der Waals surface area contributed by atoms with Gasteiger partial charge in [-0.2, -0.15) is 13.5 Å². The number of phenolic OH excluding ortho intramolecular Hbond substituents is 1. The number of nitrogens with zero attached hydrogens (tertiary/aromatic N) is 3. The van der Waals surface area contributed by atoms with Crippen LogP contribution in [-0.4, -0.2) is 28.0 Å². The summed E-state index contributed by atoms with van der Waals surface area (Å²) >= 11 is 0. The molecule has 34 heavy (non-hydrogen) atoms. The number of phenols is 1. The van der Waals surface area contributed by atoms with Crippen LogP contribution >= 0.6 is 0 Å². The fraction of sp³-hybridized carbons (Fsp3) is 0.0417. The van der Waals surface area contributed by atoms with Gasteiger partial charge in [0.1, 0.15) is 16.4 Å². The number of hydrogen-bond donors (Lipinski definition) is 4. The Labute approximate surface area is 194 Å². The van der Waals surface area contributed by atoms with Gasteiger partial charge in [0.2, 0.25) is 0 Å². The number of aromatic amines is 1. The summed E-state index contributed by atoms with van der Waals surface area (Å²) in [7, 11) is -4.75. The molecule has 0 atom stereocenters. The monoisotopic (exact) mass is 473 g/mol. The van der Waals surface area contributed by atoms with Crippen LogP contribution in [-0.2, 0) is 10.1 Å². The second-order valence-electron chi connectivity index (χ2n) is 7.80. The topological polar surface area (TPSA) is 154 Å². The van der Waals surface area contributed by atoms with Crippen molar-refractivity contribution >= 4 is 49.0 Å². The van der Waals surface area contributed by atoms with Crippen LogP contribution in [0.5, 0.6) is 5.75 Å². The highest BCUT2D eigenvalue weighted by atomic mass is 32.2. The number of nitrogens with two attached hydrogens (primary N) is 1. The molecule has 0 aliphatic heterocycles. The summed E-state index contributed by atoms with van der Waals surface area (Å²) < 4.78 is 34.4. The van der Waals surface area contributed by atoms with Crippen LogP contribution in [0.1, 0.15) is 5.56 Å². The molecule has 5 N–H and O–H groups in total. The maximum Gasteiger partial charge on any atom is 0.296 e. The molecule has 0 saturated heterocycles. The van der Waals surface area contributed by atoms with Gasteiger partial charge < -0.3 is 15.8 Å². The van der Waals surface area contributed by atoms with Crippen molar-refractivity contribution in [1.82, 2.24) is 9.97 Å². The van der Waals surface area contributed by atoms with E-state index >= 15 is 0 Å². The van der Waals surface area contributed by atoms with Crippen molar-refractivity contribution in [2.45, 2.75) is 11.8 Å². The van der Waals surface area contributed by atoms with Gasteiger partial charge in [-0.15, -0.1) is 5.11 Å². The Morgan fingerprint density at radius 3 is 2.50 bits per heavy atom. The number of H-pyrrole nitrogens is 1. The van der Waals surface area contributed by atoms with Crippen LogP contribution in [0.4, 0.5) is 17.1 Å². The maximum absolute atomic E-state index is 12.2. The molecule has 0 aliphatic carbocycles. The number of aromatic hydroxyl groups is 1. The molecule has 0 fully saturated rings. The van der Waals surface area contributed by atoms with Gasteiger partial charge in [0.25, 0.3) is 10.1 Å². The van der Waals surface area contributed by atoms with Gasteiger partial charge in [0, 0.05) is 22.0 Å². The van der Waals surface area contributed by atoms with Crippen LogP contribution in [0.3, 0.4) is 0 Å². The standard InChI is InChI=1S/C24H19N5O4S/c1-13-5-2-3-8-18(13)28-29-22-20(34(31,32)33)12-17-16(23(22)30)9-10-19-21(17)27-24(26-19)14-6-4-7-15(25)11-14/h2-12,30H,25H2,1H3,(H,26,27)(H,31,32,33). The van der Waals surface area contributed by atoms with Crippen molar-refractivity contribution in [3.05, 3.63) is 72.3 Å². The Kier molecular flexibility index (Phi) is 5.03. The molecule has 0 amide bonds. The summed E-state index contributed by atoms with van der Waals surface area (Å²) in [5.41, 5.74) is 9.16. The fourth-order valence-electron chi connectivity index (χ4n) is 3.79. The van der Waals surface area contributed by atoms with E-state index in [4.69, 9.17) is 5.73 Å². The second-order valence-corrected chi connectivity index (χ2v) is 9.19. The van der Waals surface area contributed by atoms with Crippen molar-refractivity contribution in [1.29, 1.82) is 0 Å². The smallest absolute Gasteiger partial charge is 0.296 e. The Morgan fingerprint density at radius 2 is 1.76 bits per heavy atom. The van der Waals surface area contributed by atoms with Gasteiger partial charge in [-0.1, -0.05) is 30.3 Å². The average Bonchev–Trinajstić information content (AvgIpc) is 3.23. The summed E-state index contributed by atoms with van der Waals surface area (Å²) in [4.78, 5) is 7.20. The number of anilines is 1. The molecule has 1 heterocycles. The summed E-state index contributed by atoms with van der Waals surface area (Å²) in [5.74, 6) is 0.0869. The van der Waals surface area contributed by atoms with Gasteiger partial charge in [0.05, 0.1) is 16.7 Å². The van der Waals surface area contributed by atoms with Crippen LogP contribution in [0, 0.1) is 6.92 Å². The lowest BCUT2D eigenvalue weighted by Crippen LogP contribution is -1.99. The Morgan fingerprint density at radius 1 is 0.971 bits per heavy atom. The number of aryl methyl sites for hydroxylation is 1. The van der Waals surface area contributed by atoms with E-state index in [-0.39, 0.29) is 5.69 Å². The fourth-order valence-corrected chi connectivity index (χ4v) is 4.44. The average molecular weight is 474 g/mol. The van der Waals surface area contributed by atoms with Crippen LogP contribution < -0.4 is 5.73 Å². The first-order chi connectivity index (χ1) is 16.2. The number of azo groups is 1. The van der Waals surface area contributed by atoms with Gasteiger partial charge in [-0.25, -0.2) is 4.98 Å². The largest absolute Gasteiger partial charge is 0.505 e. The zero-order valence-electron chi connectivity index (χ0n) is 17.9. The van der Waals surface area contributed by atoms with Gasteiger partial charge in [0.15, 0.2) is 5.75 Å². The van der Waals surface area contributed by atoms with Crippen molar-refractivity contribution < 1.29 is 18.1 Å². The molecular weight excluding hydrogens is 454 g/mol. The van der Waals surface area contributed by atoms with E-state index in [9.17, 15) is 18.1 Å². The maximum atomic E-state index is 12.2. The van der Waals surface area contributed by atoms with Crippen molar-refractivity contribution in [2.75, 3.05) is 5.73 Å². The van der Waals surface area contributed by atoms with E-state index in [1.807, 2.05) is 25.1 Å². The van der Waals surface area contributed by atoms with Crippen LogP contribution in [0.25, 0.3) is 33.2 Å². The van der Waals surface area contributed by atoms with E-state index < -0.39 is 20.8 Å². The molecule has 170 valence electrons. The number of imidazole rings is 1. The predicted octanol–water partition coefficient (Wildman–Crippen LogP) is 5.64. The minimum Gasteiger partial charge on any atom is -0.505 e. The highest BCUT2D eigenvalue weighted by molar-refractivity contribution is 7.86. The molecule has 0 saturated carbocycles. The van der Waals surface area contributed by atoms with Crippen molar-refractivity contribution in [3.8, 4) is 17.1 Å². The SMILES string of the molecule is Cc1ccccc1N=Nc1c(S(=O)(=O)O)cc2c(ccc3[nH]c(-c4cccc(N)c4)nc32)c1O. The minimum atomic E-state index is -4.75. The highest BCUT2D eigenvalue weighted by Gasteiger charge is 2.24. The highest BCUT2D eigenvalue weighted by Crippen LogP contribution is 2.43. The number of benzene rings is 4. The van der Waals surface area contributed by atoms with Crippen LogP contribution in [0.2, 0.25) is 0 Å². The van der Waals surface area contributed by atoms with E-state index in [2.05, 4.69) is 20.2 Å². The number of aromatic nitrogens is 2. The zero-order valence-corrected chi connectivity index (χ0v) is 18.7. The van der Waals surface area contributed by atoms with E-state index in [0.29, 0.717) is 39.0 Å². The summed E-state index contributed by atoms with van der Waals surface area (Å²) in [6.45, 7) is 1.82. The lowest BCUT2D eigenvalue weighted by molar-refractivity contribution is 0.472. The van der Waals surface area contributed by atoms with Gasteiger partial charge >= 0.3 is 0 Å². The molecule has 4 aromatic carbocycles.